The van der Waals surface area contributed by atoms with E-state index in [-0.39, 0.29) is 12.5 Å². The van der Waals surface area contributed by atoms with E-state index in [9.17, 15) is 9.59 Å². The molecular formula is C24H24N2O3. The number of fused-ring (bicyclic) bond motifs is 1. The summed E-state index contributed by atoms with van der Waals surface area (Å²) in [7, 11) is 0. The maximum absolute atomic E-state index is 12.3. The number of carbonyl (C=O) groups is 1. The standard InChI is InChI=1S/C24H24N2O3/c1-5-10-25-24(28)18-8-6-7-9-21(18)26-14-17-12-23(27)29-22-11-16(4)19(15(2)3)13-20(17)22/h1,6-9,11-13,15,26H,10,14H2,2-4H3,(H,25,28). The van der Waals surface area contributed by atoms with E-state index in [1.54, 1.807) is 12.1 Å². The minimum atomic E-state index is -0.397. The Balaban J connectivity index is 1.96. The van der Waals surface area contributed by atoms with Crippen LogP contribution in [0.4, 0.5) is 5.69 Å². The van der Waals surface area contributed by atoms with Gasteiger partial charge in [-0.2, -0.15) is 0 Å². The summed E-state index contributed by atoms with van der Waals surface area (Å²) >= 11 is 0. The molecule has 2 aromatic carbocycles. The van der Waals surface area contributed by atoms with Crippen LogP contribution in [0.5, 0.6) is 0 Å². The fourth-order valence-corrected chi connectivity index (χ4v) is 3.41. The third kappa shape index (κ3) is 4.49. The van der Waals surface area contributed by atoms with Gasteiger partial charge >= 0.3 is 5.63 Å². The van der Waals surface area contributed by atoms with E-state index in [0.29, 0.717) is 29.3 Å². The monoisotopic (exact) mass is 388 g/mol. The fraction of sp³-hybridized carbons (Fsp3) is 0.250. The van der Waals surface area contributed by atoms with Gasteiger partial charge in [-0.1, -0.05) is 31.9 Å². The van der Waals surface area contributed by atoms with E-state index in [1.165, 1.54) is 11.6 Å². The molecule has 3 rings (SSSR count). The minimum Gasteiger partial charge on any atom is -0.423 e. The van der Waals surface area contributed by atoms with Crippen molar-refractivity contribution in [1.29, 1.82) is 0 Å². The summed E-state index contributed by atoms with van der Waals surface area (Å²) in [6, 6.07) is 12.7. The van der Waals surface area contributed by atoms with Crippen molar-refractivity contribution in [3.8, 4) is 12.3 Å². The van der Waals surface area contributed by atoms with Crippen molar-refractivity contribution < 1.29 is 9.21 Å². The van der Waals surface area contributed by atoms with Crippen LogP contribution >= 0.6 is 0 Å². The van der Waals surface area contributed by atoms with Crippen molar-refractivity contribution in [2.45, 2.75) is 33.2 Å². The number of hydrogen-bond donors (Lipinski definition) is 2. The number of anilines is 1. The maximum Gasteiger partial charge on any atom is 0.336 e. The van der Waals surface area contributed by atoms with Crippen LogP contribution in [0.25, 0.3) is 11.0 Å². The highest BCUT2D eigenvalue weighted by atomic mass is 16.4. The third-order valence-electron chi connectivity index (χ3n) is 4.83. The zero-order valence-electron chi connectivity index (χ0n) is 16.8. The lowest BCUT2D eigenvalue weighted by Crippen LogP contribution is -2.24. The number of benzene rings is 2. The maximum atomic E-state index is 12.3. The Labute approximate surface area is 170 Å². The average molecular weight is 388 g/mol. The minimum absolute atomic E-state index is 0.162. The summed E-state index contributed by atoms with van der Waals surface area (Å²) in [5.74, 6) is 2.50. The molecule has 0 unspecified atom stereocenters. The predicted molar refractivity (Wildman–Crippen MR) is 116 cm³/mol. The smallest absolute Gasteiger partial charge is 0.336 e. The summed E-state index contributed by atoms with van der Waals surface area (Å²) in [6.07, 6.45) is 5.22. The number of rotatable bonds is 6. The normalized spacial score (nSPS) is 10.7. The highest BCUT2D eigenvalue weighted by molar-refractivity contribution is 5.99. The molecule has 1 aromatic heterocycles. The molecular weight excluding hydrogens is 364 g/mol. The van der Waals surface area contributed by atoms with Crippen LogP contribution in [-0.4, -0.2) is 12.5 Å². The van der Waals surface area contributed by atoms with Crippen molar-refractivity contribution in [3.63, 3.8) is 0 Å². The predicted octanol–water partition coefficient (Wildman–Crippen LogP) is 4.20. The Morgan fingerprint density at radius 2 is 1.97 bits per heavy atom. The lowest BCUT2D eigenvalue weighted by molar-refractivity contribution is 0.0959. The van der Waals surface area contributed by atoms with Crippen LogP contribution < -0.4 is 16.3 Å². The molecule has 0 spiro atoms. The van der Waals surface area contributed by atoms with Gasteiger partial charge in [0.1, 0.15) is 5.58 Å². The Morgan fingerprint density at radius 3 is 2.69 bits per heavy atom. The van der Waals surface area contributed by atoms with Gasteiger partial charge in [0.05, 0.1) is 12.1 Å². The van der Waals surface area contributed by atoms with Crippen LogP contribution in [0.1, 0.15) is 46.8 Å². The van der Waals surface area contributed by atoms with E-state index < -0.39 is 5.63 Å². The molecule has 148 valence electrons. The Morgan fingerprint density at radius 1 is 1.21 bits per heavy atom. The first kappa shape index (κ1) is 20.2. The first-order valence-electron chi connectivity index (χ1n) is 9.52. The number of hydrogen-bond acceptors (Lipinski definition) is 4. The van der Waals surface area contributed by atoms with Gasteiger partial charge in [-0.3, -0.25) is 4.79 Å². The molecule has 0 atom stereocenters. The lowest BCUT2D eigenvalue weighted by Gasteiger charge is -2.15. The molecule has 1 heterocycles. The van der Waals surface area contributed by atoms with E-state index in [2.05, 4.69) is 36.5 Å². The number of nitrogens with one attached hydrogen (secondary N) is 2. The molecule has 0 saturated heterocycles. The van der Waals surface area contributed by atoms with Gasteiger partial charge in [-0.05, 0) is 53.8 Å². The van der Waals surface area contributed by atoms with Gasteiger partial charge < -0.3 is 15.1 Å². The summed E-state index contributed by atoms with van der Waals surface area (Å²) in [4.78, 5) is 24.4. The molecule has 0 fully saturated rings. The second-order valence-electron chi connectivity index (χ2n) is 7.24. The third-order valence-corrected chi connectivity index (χ3v) is 4.83. The zero-order valence-corrected chi connectivity index (χ0v) is 16.8. The number of carbonyl (C=O) groups excluding carboxylic acids is 1. The van der Waals surface area contributed by atoms with Crippen molar-refractivity contribution in [2.24, 2.45) is 0 Å². The Kier molecular flexibility index (Phi) is 6.04. The molecule has 0 aliphatic carbocycles. The number of terminal acetylenes is 1. The number of para-hydroxylation sites is 1. The molecule has 5 heteroatoms. The molecule has 29 heavy (non-hydrogen) atoms. The molecule has 3 aromatic rings. The average Bonchev–Trinajstić information content (AvgIpc) is 2.69. The van der Waals surface area contributed by atoms with E-state index >= 15 is 0 Å². The molecule has 2 N–H and O–H groups in total. The molecule has 0 aliphatic heterocycles. The highest BCUT2D eigenvalue weighted by Crippen LogP contribution is 2.27. The van der Waals surface area contributed by atoms with Crippen molar-refractivity contribution in [2.75, 3.05) is 11.9 Å². The summed E-state index contributed by atoms with van der Waals surface area (Å²) in [5.41, 5.74) is 4.45. The second-order valence-corrected chi connectivity index (χ2v) is 7.24. The van der Waals surface area contributed by atoms with Crippen molar-refractivity contribution >= 4 is 22.6 Å². The molecule has 0 bridgehead atoms. The van der Waals surface area contributed by atoms with Crippen LogP contribution in [0.3, 0.4) is 0 Å². The molecule has 0 saturated carbocycles. The highest BCUT2D eigenvalue weighted by Gasteiger charge is 2.13. The molecule has 5 nitrogen and oxygen atoms in total. The first-order valence-corrected chi connectivity index (χ1v) is 9.52. The number of amides is 1. The summed E-state index contributed by atoms with van der Waals surface area (Å²) < 4.78 is 5.41. The largest absolute Gasteiger partial charge is 0.423 e. The van der Waals surface area contributed by atoms with Crippen LogP contribution in [-0.2, 0) is 6.54 Å². The SMILES string of the molecule is C#CCNC(=O)c1ccccc1NCc1cc(=O)oc2cc(C)c(C(C)C)cc12. The van der Waals surface area contributed by atoms with Crippen LogP contribution in [0, 0.1) is 19.3 Å². The second kappa shape index (κ2) is 8.66. The van der Waals surface area contributed by atoms with Crippen molar-refractivity contribution in [1.82, 2.24) is 5.32 Å². The summed E-state index contributed by atoms with van der Waals surface area (Å²) in [6.45, 7) is 6.83. The van der Waals surface area contributed by atoms with Crippen LogP contribution in [0.2, 0.25) is 0 Å². The van der Waals surface area contributed by atoms with Gasteiger partial charge in [0.2, 0.25) is 0 Å². The topological polar surface area (TPSA) is 71.3 Å². The molecule has 0 aliphatic rings. The van der Waals surface area contributed by atoms with Gasteiger partial charge in [-0.15, -0.1) is 6.42 Å². The first-order chi connectivity index (χ1) is 13.9. The van der Waals surface area contributed by atoms with E-state index in [1.807, 2.05) is 25.1 Å². The molecule has 0 radical (unpaired) electrons. The van der Waals surface area contributed by atoms with Gasteiger partial charge in [0.25, 0.3) is 5.91 Å². The molecule has 1 amide bonds. The fourth-order valence-electron chi connectivity index (χ4n) is 3.41. The summed E-state index contributed by atoms with van der Waals surface area (Å²) in [5, 5.41) is 6.84. The number of aryl methyl sites for hydroxylation is 1. The van der Waals surface area contributed by atoms with Gasteiger partial charge in [0, 0.05) is 23.7 Å². The lowest BCUT2D eigenvalue weighted by atomic mass is 9.95. The van der Waals surface area contributed by atoms with Crippen LogP contribution in [0.15, 0.2) is 51.7 Å². The quantitative estimate of drug-likeness (QED) is 0.490. The van der Waals surface area contributed by atoms with E-state index in [0.717, 1.165) is 16.5 Å². The Hall–Kier alpha value is -3.52. The van der Waals surface area contributed by atoms with Gasteiger partial charge in [0.15, 0.2) is 0 Å². The zero-order chi connectivity index (χ0) is 21.0. The van der Waals surface area contributed by atoms with Crippen molar-refractivity contribution in [3.05, 3.63) is 75.1 Å². The van der Waals surface area contributed by atoms with E-state index in [4.69, 9.17) is 10.8 Å². The van der Waals surface area contributed by atoms with Gasteiger partial charge in [-0.25, -0.2) is 4.79 Å². The Bertz CT molecular complexity index is 1150.